The molecule has 120 valence electrons. The fourth-order valence-corrected chi connectivity index (χ4v) is 3.41. The zero-order valence-corrected chi connectivity index (χ0v) is 14.0. The van der Waals surface area contributed by atoms with E-state index in [-0.39, 0.29) is 12.5 Å². The molecule has 2 heterocycles. The molecule has 23 heavy (non-hydrogen) atoms. The lowest BCUT2D eigenvalue weighted by molar-refractivity contribution is -0.121. The van der Waals surface area contributed by atoms with Gasteiger partial charge in [-0.15, -0.1) is 0 Å². The molecule has 0 bridgehead atoms. The average Bonchev–Trinajstić information content (AvgIpc) is 3.16. The van der Waals surface area contributed by atoms with Crippen molar-refractivity contribution in [1.29, 1.82) is 0 Å². The highest BCUT2D eigenvalue weighted by molar-refractivity contribution is 7.08. The summed E-state index contributed by atoms with van der Waals surface area (Å²) in [7, 11) is 0. The van der Waals surface area contributed by atoms with Crippen molar-refractivity contribution in [2.75, 3.05) is 6.54 Å². The van der Waals surface area contributed by atoms with Crippen LogP contribution >= 0.6 is 11.3 Å². The summed E-state index contributed by atoms with van der Waals surface area (Å²) in [5.41, 5.74) is 2.96. The molecule has 1 atom stereocenters. The van der Waals surface area contributed by atoms with E-state index in [0.717, 1.165) is 22.0 Å². The number of amides is 1. The van der Waals surface area contributed by atoms with Gasteiger partial charge >= 0.3 is 0 Å². The summed E-state index contributed by atoms with van der Waals surface area (Å²) in [5.74, 6) is -0.0954. The molecule has 3 aromatic rings. The van der Waals surface area contributed by atoms with Gasteiger partial charge in [0.2, 0.25) is 5.91 Å². The number of thiophene rings is 1. The molecular formula is C18H20N2O2S. The Labute approximate surface area is 139 Å². The molecule has 5 heteroatoms. The van der Waals surface area contributed by atoms with E-state index in [4.69, 9.17) is 0 Å². The number of rotatable bonds is 5. The third kappa shape index (κ3) is 3.46. The van der Waals surface area contributed by atoms with Gasteiger partial charge in [-0.25, -0.2) is 0 Å². The number of H-pyrrole nitrogens is 1. The number of aromatic amines is 1. The molecule has 0 aliphatic rings. The number of fused-ring (bicyclic) bond motifs is 1. The molecule has 4 nitrogen and oxygen atoms in total. The van der Waals surface area contributed by atoms with E-state index in [9.17, 15) is 9.90 Å². The monoisotopic (exact) mass is 328 g/mol. The van der Waals surface area contributed by atoms with Gasteiger partial charge in [0.25, 0.3) is 0 Å². The van der Waals surface area contributed by atoms with Crippen LogP contribution in [-0.2, 0) is 16.8 Å². The Morgan fingerprint density at radius 2 is 2.22 bits per heavy atom. The highest BCUT2D eigenvalue weighted by Gasteiger charge is 2.24. The summed E-state index contributed by atoms with van der Waals surface area (Å²) in [5, 5.41) is 18.1. The first-order chi connectivity index (χ1) is 11.0. The van der Waals surface area contributed by atoms with E-state index in [1.165, 1.54) is 16.9 Å². The maximum atomic E-state index is 12.2. The summed E-state index contributed by atoms with van der Waals surface area (Å²) in [6.45, 7) is 3.95. The predicted molar refractivity (Wildman–Crippen MR) is 93.6 cm³/mol. The Kier molecular flexibility index (Phi) is 4.24. The average molecular weight is 328 g/mol. The van der Waals surface area contributed by atoms with Crippen molar-refractivity contribution in [2.24, 2.45) is 0 Å². The van der Waals surface area contributed by atoms with Gasteiger partial charge in [0.15, 0.2) is 0 Å². The van der Waals surface area contributed by atoms with Crippen molar-refractivity contribution in [3.63, 3.8) is 0 Å². The van der Waals surface area contributed by atoms with Gasteiger partial charge < -0.3 is 15.4 Å². The first-order valence-corrected chi connectivity index (χ1v) is 8.48. The summed E-state index contributed by atoms with van der Waals surface area (Å²) in [6.07, 6.45) is 2.17. The second kappa shape index (κ2) is 6.18. The maximum absolute atomic E-state index is 12.2. The van der Waals surface area contributed by atoms with E-state index < -0.39 is 5.60 Å². The van der Waals surface area contributed by atoms with Crippen LogP contribution in [0.25, 0.3) is 10.9 Å². The van der Waals surface area contributed by atoms with Crippen LogP contribution in [0.1, 0.15) is 23.6 Å². The summed E-state index contributed by atoms with van der Waals surface area (Å²) >= 11 is 1.53. The molecule has 2 aromatic heterocycles. The van der Waals surface area contributed by atoms with E-state index in [1.807, 2.05) is 42.1 Å². The van der Waals surface area contributed by atoms with Gasteiger partial charge in [-0.2, -0.15) is 11.3 Å². The normalized spacial score (nSPS) is 13.9. The minimum Gasteiger partial charge on any atom is -0.384 e. The van der Waals surface area contributed by atoms with Crippen LogP contribution in [0.2, 0.25) is 0 Å². The molecule has 0 aliphatic heterocycles. The molecule has 0 saturated carbocycles. The fourth-order valence-electron chi connectivity index (χ4n) is 2.63. The Morgan fingerprint density at radius 1 is 1.39 bits per heavy atom. The second-order valence-electron chi connectivity index (χ2n) is 6.10. The van der Waals surface area contributed by atoms with Gasteiger partial charge in [0, 0.05) is 17.1 Å². The standard InChI is InChI=1S/C18H20N2O2S/c1-12-3-4-15-13(9-19-16(15)7-12)8-17(21)20-11-18(2,22)14-5-6-23-10-14/h3-7,9-10,19,22H,8,11H2,1-2H3,(H,20,21). The quantitative estimate of drug-likeness (QED) is 0.674. The predicted octanol–water partition coefficient (Wildman–Crippen LogP) is 3.10. The highest BCUT2D eigenvalue weighted by atomic mass is 32.1. The lowest BCUT2D eigenvalue weighted by atomic mass is 9.99. The zero-order chi connectivity index (χ0) is 16.4. The van der Waals surface area contributed by atoms with Gasteiger partial charge in [0.1, 0.15) is 5.60 Å². The number of carbonyl (C=O) groups is 1. The Morgan fingerprint density at radius 3 is 2.96 bits per heavy atom. The number of carbonyl (C=O) groups excluding carboxylic acids is 1. The molecule has 3 N–H and O–H groups in total. The number of aryl methyl sites for hydroxylation is 1. The van der Waals surface area contributed by atoms with Crippen LogP contribution in [0.15, 0.2) is 41.2 Å². The smallest absolute Gasteiger partial charge is 0.224 e. The van der Waals surface area contributed by atoms with Crippen LogP contribution in [0, 0.1) is 6.92 Å². The molecular weight excluding hydrogens is 308 g/mol. The van der Waals surface area contributed by atoms with Crippen molar-refractivity contribution < 1.29 is 9.90 Å². The maximum Gasteiger partial charge on any atom is 0.224 e. The molecule has 1 aromatic carbocycles. The Hall–Kier alpha value is -2.11. The van der Waals surface area contributed by atoms with Gasteiger partial charge in [-0.1, -0.05) is 12.1 Å². The number of hydrogen-bond acceptors (Lipinski definition) is 3. The summed E-state index contributed by atoms with van der Waals surface area (Å²) in [4.78, 5) is 15.4. The number of hydrogen-bond donors (Lipinski definition) is 3. The van der Waals surface area contributed by atoms with Gasteiger partial charge in [0.05, 0.1) is 13.0 Å². The lowest BCUT2D eigenvalue weighted by Crippen LogP contribution is -2.39. The largest absolute Gasteiger partial charge is 0.384 e. The number of benzene rings is 1. The first-order valence-electron chi connectivity index (χ1n) is 7.54. The van der Waals surface area contributed by atoms with E-state index in [1.54, 1.807) is 6.92 Å². The first kappa shape index (κ1) is 15.8. The fraction of sp³-hybridized carbons (Fsp3) is 0.278. The number of aliphatic hydroxyl groups is 1. The topological polar surface area (TPSA) is 65.1 Å². The van der Waals surface area contributed by atoms with Crippen molar-refractivity contribution >= 4 is 28.1 Å². The van der Waals surface area contributed by atoms with E-state index in [0.29, 0.717) is 6.42 Å². The van der Waals surface area contributed by atoms with Crippen LogP contribution in [0.4, 0.5) is 0 Å². The molecule has 0 saturated heterocycles. The van der Waals surface area contributed by atoms with Crippen LogP contribution < -0.4 is 5.32 Å². The Balaban J connectivity index is 1.65. The highest BCUT2D eigenvalue weighted by Crippen LogP contribution is 2.23. The number of nitrogens with one attached hydrogen (secondary N) is 2. The van der Waals surface area contributed by atoms with Crippen molar-refractivity contribution in [2.45, 2.75) is 25.9 Å². The van der Waals surface area contributed by atoms with Gasteiger partial charge in [-0.05, 0) is 53.4 Å². The third-order valence-corrected chi connectivity index (χ3v) is 4.73. The minimum absolute atomic E-state index is 0.0954. The molecule has 0 fully saturated rings. The third-order valence-electron chi connectivity index (χ3n) is 4.05. The SMILES string of the molecule is Cc1ccc2c(CC(=O)NCC(C)(O)c3ccsc3)c[nH]c2c1. The summed E-state index contributed by atoms with van der Waals surface area (Å²) in [6, 6.07) is 8.02. The lowest BCUT2D eigenvalue weighted by Gasteiger charge is -2.22. The second-order valence-corrected chi connectivity index (χ2v) is 6.88. The minimum atomic E-state index is -1.05. The van der Waals surface area contributed by atoms with Crippen LogP contribution in [0.5, 0.6) is 0 Å². The molecule has 1 unspecified atom stereocenters. The molecule has 1 amide bonds. The zero-order valence-electron chi connectivity index (χ0n) is 13.2. The van der Waals surface area contributed by atoms with Crippen molar-refractivity contribution in [3.05, 3.63) is 57.9 Å². The molecule has 0 spiro atoms. The van der Waals surface area contributed by atoms with Gasteiger partial charge in [-0.3, -0.25) is 4.79 Å². The molecule has 3 rings (SSSR count). The number of aromatic nitrogens is 1. The van der Waals surface area contributed by atoms with Crippen LogP contribution in [0.3, 0.4) is 0 Å². The van der Waals surface area contributed by atoms with Crippen molar-refractivity contribution in [3.8, 4) is 0 Å². The van der Waals surface area contributed by atoms with E-state index >= 15 is 0 Å². The molecule has 0 aliphatic carbocycles. The van der Waals surface area contributed by atoms with Crippen LogP contribution in [-0.4, -0.2) is 22.5 Å². The molecule has 0 radical (unpaired) electrons. The summed E-state index contributed by atoms with van der Waals surface area (Å²) < 4.78 is 0. The Bertz CT molecular complexity index is 819. The van der Waals surface area contributed by atoms with E-state index in [2.05, 4.69) is 16.4 Å². The van der Waals surface area contributed by atoms with Crippen molar-refractivity contribution in [1.82, 2.24) is 10.3 Å².